The number of aromatic nitrogens is 1. The summed E-state index contributed by atoms with van der Waals surface area (Å²) in [6, 6.07) is 3.55. The number of pyridine rings is 1. The van der Waals surface area contributed by atoms with Gasteiger partial charge in [0.05, 0.1) is 10.7 Å². The van der Waals surface area contributed by atoms with E-state index >= 15 is 0 Å². The Balaban J connectivity index is 1.98. The van der Waals surface area contributed by atoms with E-state index in [0.717, 1.165) is 31.2 Å². The molecule has 1 aromatic rings. The van der Waals surface area contributed by atoms with Gasteiger partial charge in [-0.05, 0) is 37.4 Å². The Hall–Kier alpha value is -0.310. The third kappa shape index (κ3) is 3.57. The summed E-state index contributed by atoms with van der Waals surface area (Å²) in [5.41, 5.74) is 0.889. The quantitative estimate of drug-likeness (QED) is 0.753. The van der Waals surface area contributed by atoms with E-state index in [1.807, 2.05) is 6.07 Å². The predicted molar refractivity (Wildman–Crippen MR) is 72.5 cm³/mol. The Morgan fingerprint density at radius 2 is 2.12 bits per heavy atom. The van der Waals surface area contributed by atoms with Gasteiger partial charge in [0.2, 0.25) is 0 Å². The molecule has 2 rings (SSSR count). The van der Waals surface area contributed by atoms with Crippen LogP contribution in [0.15, 0.2) is 12.1 Å². The maximum absolute atomic E-state index is 6.13. The highest BCUT2D eigenvalue weighted by molar-refractivity contribution is 6.32. The smallest absolute Gasteiger partial charge is 0.129 e. The second-order valence-electron chi connectivity index (χ2n) is 4.69. The molecule has 0 radical (unpaired) electrons. The van der Waals surface area contributed by atoms with Crippen LogP contribution in [0.2, 0.25) is 10.2 Å². The molecule has 0 saturated heterocycles. The fraction of sp³-hybridized carbons (Fsp3) is 0.615. The molecule has 0 bridgehead atoms. The number of halogens is 2. The van der Waals surface area contributed by atoms with Crippen molar-refractivity contribution in [3.05, 3.63) is 28.0 Å². The molecule has 1 aliphatic rings. The predicted octanol–water partition coefficient (Wildman–Crippen LogP) is 4.01. The van der Waals surface area contributed by atoms with E-state index in [-0.39, 0.29) is 0 Å². The lowest BCUT2D eigenvalue weighted by Gasteiger charge is -2.31. The Morgan fingerprint density at radius 1 is 1.35 bits per heavy atom. The summed E-state index contributed by atoms with van der Waals surface area (Å²) < 4.78 is 0. The fourth-order valence-corrected chi connectivity index (χ4v) is 2.46. The average molecular weight is 273 g/mol. The Labute approximate surface area is 113 Å². The molecule has 0 aromatic carbocycles. The van der Waals surface area contributed by atoms with Crippen LogP contribution in [0.25, 0.3) is 0 Å². The largest absolute Gasteiger partial charge is 0.297 e. The van der Waals surface area contributed by atoms with Crippen molar-refractivity contribution >= 4 is 23.2 Å². The van der Waals surface area contributed by atoms with E-state index in [9.17, 15) is 0 Å². The first kappa shape index (κ1) is 13.1. The van der Waals surface area contributed by atoms with Gasteiger partial charge in [0.25, 0.3) is 0 Å². The first-order valence-electron chi connectivity index (χ1n) is 6.22. The molecule has 4 heteroatoms. The van der Waals surface area contributed by atoms with Gasteiger partial charge in [0.1, 0.15) is 5.15 Å². The topological polar surface area (TPSA) is 16.1 Å². The summed E-state index contributed by atoms with van der Waals surface area (Å²) in [4.78, 5) is 6.70. The van der Waals surface area contributed by atoms with Gasteiger partial charge >= 0.3 is 0 Å². The Morgan fingerprint density at radius 3 is 2.71 bits per heavy atom. The molecule has 1 saturated carbocycles. The van der Waals surface area contributed by atoms with Crippen molar-refractivity contribution < 1.29 is 0 Å². The van der Waals surface area contributed by atoms with E-state index in [2.05, 4.69) is 16.8 Å². The molecule has 1 fully saturated rings. The molecule has 2 nitrogen and oxygen atoms in total. The minimum atomic E-state index is 0.518. The van der Waals surface area contributed by atoms with Gasteiger partial charge in [-0.2, -0.15) is 0 Å². The summed E-state index contributed by atoms with van der Waals surface area (Å²) in [5.74, 6) is 0.868. The van der Waals surface area contributed by atoms with E-state index in [1.54, 1.807) is 6.07 Å². The number of hydrogen-bond donors (Lipinski definition) is 0. The van der Waals surface area contributed by atoms with Crippen LogP contribution in [-0.2, 0) is 6.54 Å². The zero-order valence-electron chi connectivity index (χ0n) is 10.1. The fourth-order valence-electron chi connectivity index (χ4n) is 2.13. The lowest BCUT2D eigenvalue weighted by molar-refractivity contribution is 0.177. The maximum Gasteiger partial charge on any atom is 0.129 e. The van der Waals surface area contributed by atoms with Crippen LogP contribution in [0, 0.1) is 5.92 Å². The average Bonchev–Trinajstić information content (AvgIpc) is 2.26. The van der Waals surface area contributed by atoms with Crippen LogP contribution in [0.1, 0.15) is 31.9 Å². The third-order valence-corrected chi connectivity index (χ3v) is 4.00. The van der Waals surface area contributed by atoms with Crippen molar-refractivity contribution in [1.82, 2.24) is 9.88 Å². The van der Waals surface area contributed by atoms with Gasteiger partial charge in [-0.15, -0.1) is 0 Å². The SMILES string of the molecule is CCN(Cc1nc(Cl)ccc1Cl)CC1CCC1. The van der Waals surface area contributed by atoms with Crippen LogP contribution >= 0.6 is 23.2 Å². The molecule has 1 heterocycles. The third-order valence-electron chi connectivity index (χ3n) is 3.45. The van der Waals surface area contributed by atoms with Crippen LogP contribution in [0.3, 0.4) is 0 Å². The van der Waals surface area contributed by atoms with Crippen molar-refractivity contribution in [1.29, 1.82) is 0 Å². The first-order chi connectivity index (χ1) is 8.19. The zero-order valence-corrected chi connectivity index (χ0v) is 11.6. The second-order valence-corrected chi connectivity index (χ2v) is 5.48. The summed E-state index contributed by atoms with van der Waals surface area (Å²) >= 11 is 12.0. The van der Waals surface area contributed by atoms with Crippen LogP contribution in [0.5, 0.6) is 0 Å². The molecule has 1 aliphatic carbocycles. The number of hydrogen-bond acceptors (Lipinski definition) is 2. The van der Waals surface area contributed by atoms with Crippen molar-refractivity contribution in [2.45, 2.75) is 32.7 Å². The van der Waals surface area contributed by atoms with Crippen molar-refractivity contribution in [3.8, 4) is 0 Å². The van der Waals surface area contributed by atoms with Crippen LogP contribution < -0.4 is 0 Å². The van der Waals surface area contributed by atoms with Crippen molar-refractivity contribution in [3.63, 3.8) is 0 Å². The first-order valence-corrected chi connectivity index (χ1v) is 6.98. The molecule has 17 heavy (non-hydrogen) atoms. The van der Waals surface area contributed by atoms with Crippen LogP contribution in [-0.4, -0.2) is 23.0 Å². The van der Waals surface area contributed by atoms with Gasteiger partial charge < -0.3 is 0 Å². The molecule has 0 spiro atoms. The Kier molecular flexibility index (Phi) is 4.66. The Bertz CT molecular complexity index is 378. The normalized spacial score (nSPS) is 16.2. The second kappa shape index (κ2) is 6.03. The zero-order chi connectivity index (χ0) is 12.3. The summed E-state index contributed by atoms with van der Waals surface area (Å²) in [6.45, 7) is 5.16. The molecule has 0 N–H and O–H groups in total. The monoisotopic (exact) mass is 272 g/mol. The highest BCUT2D eigenvalue weighted by Crippen LogP contribution is 2.28. The number of nitrogens with zero attached hydrogens (tertiary/aromatic N) is 2. The van der Waals surface area contributed by atoms with E-state index in [4.69, 9.17) is 23.2 Å². The van der Waals surface area contributed by atoms with Crippen LogP contribution in [0.4, 0.5) is 0 Å². The highest BCUT2D eigenvalue weighted by Gasteiger charge is 2.20. The molecular weight excluding hydrogens is 255 g/mol. The van der Waals surface area contributed by atoms with Crippen molar-refractivity contribution in [2.24, 2.45) is 5.92 Å². The van der Waals surface area contributed by atoms with E-state index in [0.29, 0.717) is 10.2 Å². The molecular formula is C13H18Cl2N2. The molecule has 0 atom stereocenters. The van der Waals surface area contributed by atoms with Gasteiger partial charge in [-0.25, -0.2) is 4.98 Å². The van der Waals surface area contributed by atoms with E-state index < -0.39 is 0 Å². The summed E-state index contributed by atoms with van der Waals surface area (Å²) in [5, 5.41) is 1.23. The molecule has 94 valence electrons. The molecule has 0 aliphatic heterocycles. The maximum atomic E-state index is 6.13. The lowest BCUT2D eigenvalue weighted by atomic mass is 9.85. The minimum Gasteiger partial charge on any atom is -0.297 e. The van der Waals surface area contributed by atoms with Gasteiger partial charge in [-0.1, -0.05) is 36.5 Å². The summed E-state index contributed by atoms with van der Waals surface area (Å²) in [6.07, 6.45) is 4.12. The summed E-state index contributed by atoms with van der Waals surface area (Å²) in [7, 11) is 0. The van der Waals surface area contributed by atoms with Gasteiger partial charge in [0, 0.05) is 13.1 Å². The standard InChI is InChI=1S/C13H18Cl2N2/c1-2-17(8-10-4-3-5-10)9-12-11(14)6-7-13(15)16-12/h6-7,10H,2-5,8-9H2,1H3. The van der Waals surface area contributed by atoms with Gasteiger partial charge in [-0.3, -0.25) is 4.90 Å². The highest BCUT2D eigenvalue weighted by atomic mass is 35.5. The number of rotatable bonds is 5. The molecule has 1 aromatic heterocycles. The molecule has 0 amide bonds. The lowest BCUT2D eigenvalue weighted by Crippen LogP contribution is -2.32. The minimum absolute atomic E-state index is 0.518. The molecule has 0 unspecified atom stereocenters. The van der Waals surface area contributed by atoms with Gasteiger partial charge in [0.15, 0.2) is 0 Å². The van der Waals surface area contributed by atoms with Crippen molar-refractivity contribution in [2.75, 3.05) is 13.1 Å². The van der Waals surface area contributed by atoms with E-state index in [1.165, 1.54) is 19.3 Å².